The quantitative estimate of drug-likeness (QED) is 0.733. The van der Waals surface area contributed by atoms with Crippen molar-refractivity contribution in [1.82, 2.24) is 15.1 Å². The van der Waals surface area contributed by atoms with Crippen LogP contribution in [0.2, 0.25) is 0 Å². The van der Waals surface area contributed by atoms with Crippen LogP contribution in [0.1, 0.15) is 34.6 Å². The maximum absolute atomic E-state index is 12.0. The first kappa shape index (κ1) is 18.7. The van der Waals surface area contributed by atoms with Gasteiger partial charge in [-0.2, -0.15) is 0 Å². The molecule has 2 rings (SSSR count). The van der Waals surface area contributed by atoms with Gasteiger partial charge < -0.3 is 20.1 Å². The van der Waals surface area contributed by atoms with Crippen molar-refractivity contribution in [3.63, 3.8) is 0 Å². The van der Waals surface area contributed by atoms with Gasteiger partial charge >= 0.3 is 6.09 Å². The Morgan fingerprint density at radius 2 is 1.95 bits per heavy atom. The average Bonchev–Trinajstić information content (AvgIpc) is 2.47. The van der Waals surface area contributed by atoms with Crippen LogP contribution in [-0.4, -0.2) is 77.4 Å². The number of aliphatic hydroxyl groups excluding tert-OH is 1. The third kappa shape index (κ3) is 4.84. The van der Waals surface area contributed by atoms with Gasteiger partial charge in [-0.25, -0.2) is 4.79 Å². The summed E-state index contributed by atoms with van der Waals surface area (Å²) in [5.74, 6) is -0.136. The lowest BCUT2D eigenvalue weighted by molar-refractivity contribution is -0.134. The zero-order valence-electron chi connectivity index (χ0n) is 14.3. The molecule has 0 radical (unpaired) electrons. The molecule has 7 heteroatoms. The minimum Gasteiger partial charge on any atom is -0.444 e. The molecule has 0 aromatic heterocycles. The van der Waals surface area contributed by atoms with Crippen molar-refractivity contribution in [2.24, 2.45) is 0 Å². The lowest BCUT2D eigenvalue weighted by Gasteiger charge is -2.45. The van der Waals surface area contributed by atoms with E-state index in [-0.39, 0.29) is 30.7 Å². The van der Waals surface area contributed by atoms with Crippen molar-refractivity contribution in [2.75, 3.05) is 32.8 Å². The SMILES string of the molecule is CC.CC(C)(C)OC(=O)N1CCN2C[C@@H](CO)NC(=O)C2C1. The van der Waals surface area contributed by atoms with Crippen LogP contribution in [0.3, 0.4) is 0 Å². The normalized spacial score (nSPS) is 25.5. The van der Waals surface area contributed by atoms with Gasteiger partial charge in [0.15, 0.2) is 0 Å². The standard InChI is InChI=1S/C13H23N3O4.C2H6/c1-13(2,3)20-12(19)16-5-4-15-6-9(8-17)14-11(18)10(15)7-16;1-2/h9-10,17H,4-8H2,1-3H3,(H,14,18);1-2H3/t9-,10?;/m0./s1. The van der Waals surface area contributed by atoms with E-state index in [0.717, 1.165) is 0 Å². The van der Waals surface area contributed by atoms with E-state index in [1.807, 2.05) is 39.5 Å². The first-order valence-corrected chi connectivity index (χ1v) is 7.93. The van der Waals surface area contributed by atoms with Gasteiger partial charge in [0, 0.05) is 26.2 Å². The Balaban J connectivity index is 0.00000116. The molecule has 2 heterocycles. The molecule has 2 aliphatic rings. The second-order valence-corrected chi connectivity index (χ2v) is 6.33. The number of carbonyl (C=O) groups excluding carboxylic acids is 2. The maximum Gasteiger partial charge on any atom is 0.410 e. The van der Waals surface area contributed by atoms with E-state index in [0.29, 0.717) is 26.2 Å². The van der Waals surface area contributed by atoms with E-state index in [1.165, 1.54) is 0 Å². The minimum atomic E-state index is -0.537. The zero-order chi connectivity index (χ0) is 16.9. The van der Waals surface area contributed by atoms with E-state index in [2.05, 4.69) is 5.32 Å². The third-order valence-corrected chi connectivity index (χ3v) is 3.47. The van der Waals surface area contributed by atoms with E-state index < -0.39 is 5.60 Å². The largest absolute Gasteiger partial charge is 0.444 e. The Hall–Kier alpha value is -1.34. The van der Waals surface area contributed by atoms with Crippen molar-refractivity contribution in [1.29, 1.82) is 0 Å². The number of amides is 2. The fourth-order valence-electron chi connectivity index (χ4n) is 2.51. The smallest absolute Gasteiger partial charge is 0.410 e. The maximum atomic E-state index is 12.0. The second kappa shape index (κ2) is 7.78. The number of ether oxygens (including phenoxy) is 1. The predicted octanol–water partition coefficient (Wildman–Crippen LogP) is 0.425. The number of nitrogens with zero attached hydrogens (tertiary/aromatic N) is 2. The molecule has 2 aliphatic heterocycles. The number of fused-ring (bicyclic) bond motifs is 1. The Morgan fingerprint density at radius 1 is 1.32 bits per heavy atom. The molecule has 2 atom stereocenters. The van der Waals surface area contributed by atoms with E-state index in [1.54, 1.807) is 4.90 Å². The summed E-state index contributed by atoms with van der Waals surface area (Å²) >= 11 is 0. The summed E-state index contributed by atoms with van der Waals surface area (Å²) in [6.07, 6.45) is -0.380. The summed E-state index contributed by atoms with van der Waals surface area (Å²) in [4.78, 5) is 27.6. The minimum absolute atomic E-state index is 0.0647. The molecule has 1 unspecified atom stereocenters. The van der Waals surface area contributed by atoms with E-state index in [4.69, 9.17) is 9.84 Å². The number of piperazine rings is 2. The molecular formula is C15H29N3O4. The van der Waals surface area contributed by atoms with Crippen LogP contribution in [0.4, 0.5) is 4.79 Å². The van der Waals surface area contributed by atoms with Crippen LogP contribution in [0.25, 0.3) is 0 Å². The van der Waals surface area contributed by atoms with Crippen LogP contribution < -0.4 is 5.32 Å². The first-order valence-electron chi connectivity index (χ1n) is 7.93. The number of carbonyl (C=O) groups is 2. The van der Waals surface area contributed by atoms with Crippen LogP contribution >= 0.6 is 0 Å². The topological polar surface area (TPSA) is 82.1 Å². The number of rotatable bonds is 1. The van der Waals surface area contributed by atoms with Crippen LogP contribution in [0, 0.1) is 0 Å². The highest BCUT2D eigenvalue weighted by molar-refractivity contribution is 5.84. The Labute approximate surface area is 132 Å². The van der Waals surface area contributed by atoms with E-state index >= 15 is 0 Å². The fourth-order valence-corrected chi connectivity index (χ4v) is 2.51. The summed E-state index contributed by atoms with van der Waals surface area (Å²) in [5, 5.41) is 11.9. The monoisotopic (exact) mass is 315 g/mol. The van der Waals surface area contributed by atoms with Gasteiger partial charge in [-0.15, -0.1) is 0 Å². The van der Waals surface area contributed by atoms with Gasteiger partial charge in [0.2, 0.25) is 5.91 Å². The highest BCUT2D eigenvalue weighted by Crippen LogP contribution is 2.17. The van der Waals surface area contributed by atoms with E-state index in [9.17, 15) is 9.59 Å². The molecule has 7 nitrogen and oxygen atoms in total. The van der Waals surface area contributed by atoms with Gasteiger partial charge in [-0.05, 0) is 20.8 Å². The van der Waals surface area contributed by atoms with Crippen LogP contribution in [-0.2, 0) is 9.53 Å². The number of hydrogen-bond acceptors (Lipinski definition) is 5. The molecule has 0 saturated carbocycles. The van der Waals surface area contributed by atoms with Crippen molar-refractivity contribution >= 4 is 12.0 Å². The Kier molecular flexibility index (Phi) is 6.62. The highest BCUT2D eigenvalue weighted by Gasteiger charge is 2.40. The lowest BCUT2D eigenvalue weighted by atomic mass is 10.1. The van der Waals surface area contributed by atoms with Gasteiger partial charge in [0.25, 0.3) is 0 Å². The molecule has 0 spiro atoms. The highest BCUT2D eigenvalue weighted by atomic mass is 16.6. The van der Waals surface area contributed by atoms with Gasteiger partial charge in [-0.1, -0.05) is 13.8 Å². The third-order valence-electron chi connectivity index (χ3n) is 3.47. The molecule has 2 saturated heterocycles. The second-order valence-electron chi connectivity index (χ2n) is 6.33. The van der Waals surface area contributed by atoms with Crippen LogP contribution in [0.15, 0.2) is 0 Å². The number of nitrogens with one attached hydrogen (secondary N) is 1. The predicted molar refractivity (Wildman–Crippen MR) is 83.5 cm³/mol. The Bertz CT molecular complexity index is 395. The van der Waals surface area contributed by atoms with Crippen molar-refractivity contribution in [3.8, 4) is 0 Å². The molecule has 2 fully saturated rings. The van der Waals surface area contributed by atoms with Crippen molar-refractivity contribution < 1.29 is 19.4 Å². The zero-order valence-corrected chi connectivity index (χ0v) is 14.3. The lowest BCUT2D eigenvalue weighted by Crippen LogP contribution is -2.68. The summed E-state index contributed by atoms with van der Waals surface area (Å²) in [7, 11) is 0. The molecule has 2 amide bonds. The number of hydrogen-bond donors (Lipinski definition) is 2. The molecule has 0 aromatic rings. The van der Waals surface area contributed by atoms with Crippen molar-refractivity contribution in [2.45, 2.75) is 52.3 Å². The molecular weight excluding hydrogens is 286 g/mol. The van der Waals surface area contributed by atoms with Gasteiger partial charge in [0.05, 0.1) is 12.6 Å². The van der Waals surface area contributed by atoms with Crippen molar-refractivity contribution in [3.05, 3.63) is 0 Å². The Morgan fingerprint density at radius 3 is 2.50 bits per heavy atom. The van der Waals surface area contributed by atoms with Gasteiger partial charge in [0.1, 0.15) is 11.6 Å². The number of aliphatic hydroxyl groups is 1. The summed E-state index contributed by atoms with van der Waals surface area (Å²) in [6.45, 7) is 11.5. The molecule has 128 valence electrons. The summed E-state index contributed by atoms with van der Waals surface area (Å²) < 4.78 is 5.33. The molecule has 0 aliphatic carbocycles. The molecule has 2 N–H and O–H groups in total. The van der Waals surface area contributed by atoms with Gasteiger partial charge in [-0.3, -0.25) is 9.69 Å². The first-order chi connectivity index (χ1) is 10.3. The molecule has 22 heavy (non-hydrogen) atoms. The summed E-state index contributed by atoms with van der Waals surface area (Å²) in [6, 6.07) is -0.564. The fraction of sp³-hybridized carbons (Fsp3) is 0.867. The molecule has 0 aromatic carbocycles. The van der Waals surface area contributed by atoms with Crippen LogP contribution in [0.5, 0.6) is 0 Å². The molecule has 0 bridgehead atoms. The summed E-state index contributed by atoms with van der Waals surface area (Å²) in [5.41, 5.74) is -0.537. The average molecular weight is 315 g/mol.